The molecule has 0 aliphatic carbocycles. The van der Waals surface area contributed by atoms with Gasteiger partial charge in [-0.1, -0.05) is 59.8 Å². The zero-order valence-electron chi connectivity index (χ0n) is 14.3. The maximum atomic E-state index is 9.96. The van der Waals surface area contributed by atoms with Crippen LogP contribution in [0.25, 0.3) is 0 Å². The molecule has 0 spiro atoms. The number of aliphatic hydroxyl groups excluding tert-OH is 1. The first-order valence-corrected chi connectivity index (χ1v) is 9.49. The van der Waals surface area contributed by atoms with E-state index in [1.807, 2.05) is 30.3 Å². The van der Waals surface area contributed by atoms with E-state index in [0.717, 1.165) is 11.3 Å². The second kappa shape index (κ2) is 8.49. The van der Waals surface area contributed by atoms with Crippen LogP contribution in [0.1, 0.15) is 24.2 Å². The molecule has 3 aromatic carbocycles. The molecule has 0 aliphatic rings. The van der Waals surface area contributed by atoms with E-state index in [9.17, 15) is 10.2 Å². The normalized spacial score (nSPS) is 12.0. The molecule has 0 heterocycles. The molecular formula is C21H20ClNO2S. The van der Waals surface area contributed by atoms with Crippen LogP contribution in [0.3, 0.4) is 0 Å². The molecule has 3 N–H and O–H groups in total. The molecule has 0 saturated heterocycles. The third kappa shape index (κ3) is 4.52. The summed E-state index contributed by atoms with van der Waals surface area (Å²) in [6.07, 6.45) is -0.796. The number of hydrogen-bond acceptors (Lipinski definition) is 4. The number of aromatic hydroxyl groups is 1. The Morgan fingerprint density at radius 1 is 1.04 bits per heavy atom. The van der Waals surface area contributed by atoms with Crippen LogP contribution in [-0.2, 0) is 6.54 Å². The Balaban J connectivity index is 1.78. The summed E-state index contributed by atoms with van der Waals surface area (Å²) < 4.78 is 0. The average Bonchev–Trinajstić information content (AvgIpc) is 2.64. The predicted molar refractivity (Wildman–Crippen MR) is 108 cm³/mol. The predicted octanol–water partition coefficient (Wildman–Crippen LogP) is 5.86. The Kier molecular flexibility index (Phi) is 6.09. The van der Waals surface area contributed by atoms with Gasteiger partial charge < -0.3 is 15.5 Å². The summed E-state index contributed by atoms with van der Waals surface area (Å²) >= 11 is 7.80. The third-order valence-electron chi connectivity index (χ3n) is 3.97. The summed E-state index contributed by atoms with van der Waals surface area (Å²) in [7, 11) is 0. The Morgan fingerprint density at radius 3 is 2.46 bits per heavy atom. The smallest absolute Gasteiger partial charge is 0.140 e. The summed E-state index contributed by atoms with van der Waals surface area (Å²) in [4.78, 5) is 2.36. The Hall–Kier alpha value is -2.14. The van der Waals surface area contributed by atoms with Gasteiger partial charge in [-0.25, -0.2) is 0 Å². The molecule has 134 valence electrons. The topological polar surface area (TPSA) is 52.5 Å². The van der Waals surface area contributed by atoms with Gasteiger partial charge in [0.1, 0.15) is 5.75 Å². The number of phenols is 1. The van der Waals surface area contributed by atoms with Crippen molar-refractivity contribution in [2.24, 2.45) is 0 Å². The highest BCUT2D eigenvalue weighted by Gasteiger charge is 2.13. The third-order valence-corrected chi connectivity index (χ3v) is 5.38. The van der Waals surface area contributed by atoms with E-state index in [0.29, 0.717) is 12.1 Å². The first-order chi connectivity index (χ1) is 12.5. The Morgan fingerprint density at radius 2 is 1.73 bits per heavy atom. The quantitative estimate of drug-likeness (QED) is 0.465. The van der Waals surface area contributed by atoms with E-state index in [2.05, 4.69) is 29.6 Å². The van der Waals surface area contributed by atoms with Crippen LogP contribution >= 0.6 is 23.4 Å². The van der Waals surface area contributed by atoms with Crippen molar-refractivity contribution >= 4 is 29.1 Å². The van der Waals surface area contributed by atoms with Gasteiger partial charge in [-0.15, -0.1) is 0 Å². The standard InChI is InChI=1S/C21H20ClNO2S/c1-14(24)18-11-16(12-19(22)21(18)25)23-13-15-7-5-6-10-20(15)26-17-8-3-2-4-9-17/h2-12,14,23-25H,13H2,1H3. The first-order valence-electron chi connectivity index (χ1n) is 8.29. The lowest BCUT2D eigenvalue weighted by atomic mass is 10.1. The zero-order chi connectivity index (χ0) is 18.5. The van der Waals surface area contributed by atoms with E-state index in [4.69, 9.17) is 11.6 Å². The second-order valence-corrected chi connectivity index (χ2v) is 7.47. The van der Waals surface area contributed by atoms with Crippen molar-refractivity contribution in [3.8, 4) is 5.75 Å². The maximum absolute atomic E-state index is 9.96. The number of hydrogen-bond donors (Lipinski definition) is 3. The van der Waals surface area contributed by atoms with E-state index in [-0.39, 0.29) is 10.8 Å². The number of nitrogens with one attached hydrogen (secondary N) is 1. The molecule has 0 fully saturated rings. The van der Waals surface area contributed by atoms with Crippen molar-refractivity contribution in [3.63, 3.8) is 0 Å². The van der Waals surface area contributed by atoms with Crippen LogP contribution in [0.15, 0.2) is 76.5 Å². The summed E-state index contributed by atoms with van der Waals surface area (Å²) in [5, 5.41) is 23.3. The number of aliphatic hydroxyl groups is 1. The molecule has 5 heteroatoms. The summed E-state index contributed by atoms with van der Waals surface area (Å²) in [6, 6.07) is 21.8. The van der Waals surface area contributed by atoms with E-state index in [1.165, 1.54) is 9.79 Å². The molecular weight excluding hydrogens is 366 g/mol. The average molecular weight is 386 g/mol. The first kappa shape index (κ1) is 18.6. The van der Waals surface area contributed by atoms with E-state index < -0.39 is 6.10 Å². The van der Waals surface area contributed by atoms with Crippen molar-refractivity contribution < 1.29 is 10.2 Å². The fourth-order valence-electron chi connectivity index (χ4n) is 2.60. The molecule has 0 aliphatic heterocycles. The molecule has 3 nitrogen and oxygen atoms in total. The van der Waals surface area contributed by atoms with E-state index in [1.54, 1.807) is 30.8 Å². The highest BCUT2D eigenvalue weighted by molar-refractivity contribution is 7.99. The van der Waals surface area contributed by atoms with Crippen molar-refractivity contribution in [1.82, 2.24) is 0 Å². The van der Waals surface area contributed by atoms with Crippen LogP contribution in [0.5, 0.6) is 5.75 Å². The zero-order valence-corrected chi connectivity index (χ0v) is 15.9. The van der Waals surface area contributed by atoms with Gasteiger partial charge in [0.05, 0.1) is 11.1 Å². The lowest BCUT2D eigenvalue weighted by molar-refractivity contribution is 0.195. The fourth-order valence-corrected chi connectivity index (χ4v) is 3.79. The van der Waals surface area contributed by atoms with Crippen LogP contribution in [0.2, 0.25) is 5.02 Å². The van der Waals surface area contributed by atoms with Crippen molar-refractivity contribution in [1.29, 1.82) is 0 Å². The highest BCUT2D eigenvalue weighted by atomic mass is 35.5. The SMILES string of the molecule is CC(O)c1cc(NCc2ccccc2Sc2ccccc2)cc(Cl)c1O. The number of rotatable bonds is 6. The maximum Gasteiger partial charge on any atom is 0.140 e. The van der Waals surface area contributed by atoms with Gasteiger partial charge in [0.2, 0.25) is 0 Å². The molecule has 3 aromatic rings. The van der Waals surface area contributed by atoms with Gasteiger partial charge in [0.15, 0.2) is 0 Å². The van der Waals surface area contributed by atoms with Gasteiger partial charge in [-0.2, -0.15) is 0 Å². The van der Waals surface area contributed by atoms with Crippen molar-refractivity contribution in [2.45, 2.75) is 29.4 Å². The number of benzene rings is 3. The van der Waals surface area contributed by atoms with Gasteiger partial charge in [0.25, 0.3) is 0 Å². The number of phenolic OH excluding ortho intramolecular Hbond substituents is 1. The largest absolute Gasteiger partial charge is 0.506 e. The van der Waals surface area contributed by atoms with Gasteiger partial charge in [-0.05, 0) is 42.8 Å². The minimum absolute atomic E-state index is 0.0766. The van der Waals surface area contributed by atoms with Gasteiger partial charge in [-0.3, -0.25) is 0 Å². The fraction of sp³-hybridized carbons (Fsp3) is 0.143. The molecule has 1 unspecified atom stereocenters. The van der Waals surface area contributed by atoms with Gasteiger partial charge in [0, 0.05) is 27.6 Å². The minimum atomic E-state index is -0.796. The van der Waals surface area contributed by atoms with Crippen molar-refractivity contribution in [2.75, 3.05) is 5.32 Å². The lowest BCUT2D eigenvalue weighted by Crippen LogP contribution is -2.02. The molecule has 26 heavy (non-hydrogen) atoms. The molecule has 0 saturated carbocycles. The molecule has 3 rings (SSSR count). The van der Waals surface area contributed by atoms with Crippen LogP contribution < -0.4 is 5.32 Å². The summed E-state index contributed by atoms with van der Waals surface area (Å²) in [5.41, 5.74) is 2.32. The molecule has 0 aromatic heterocycles. The molecule has 0 radical (unpaired) electrons. The van der Waals surface area contributed by atoms with Gasteiger partial charge >= 0.3 is 0 Å². The van der Waals surface area contributed by atoms with Crippen LogP contribution in [0.4, 0.5) is 5.69 Å². The molecule has 0 bridgehead atoms. The Labute approximate surface area is 162 Å². The summed E-state index contributed by atoms with van der Waals surface area (Å²) in [6.45, 7) is 2.21. The summed E-state index contributed by atoms with van der Waals surface area (Å²) in [5.74, 6) is -0.0766. The van der Waals surface area contributed by atoms with E-state index >= 15 is 0 Å². The minimum Gasteiger partial charge on any atom is -0.506 e. The monoisotopic (exact) mass is 385 g/mol. The van der Waals surface area contributed by atoms with Crippen molar-refractivity contribution in [3.05, 3.63) is 82.9 Å². The van der Waals surface area contributed by atoms with Crippen LogP contribution in [-0.4, -0.2) is 10.2 Å². The number of anilines is 1. The molecule has 0 amide bonds. The Bertz CT molecular complexity index is 884. The number of halogens is 1. The molecule has 1 atom stereocenters. The second-order valence-electron chi connectivity index (χ2n) is 5.95. The van der Waals surface area contributed by atoms with Crippen LogP contribution in [0, 0.1) is 0 Å². The highest BCUT2D eigenvalue weighted by Crippen LogP contribution is 2.35. The lowest BCUT2D eigenvalue weighted by Gasteiger charge is -2.15.